The van der Waals surface area contributed by atoms with Crippen LogP contribution in [0, 0.1) is 6.92 Å². The van der Waals surface area contributed by atoms with Gasteiger partial charge in [0.15, 0.2) is 5.13 Å². The van der Waals surface area contributed by atoms with Crippen molar-refractivity contribution in [3.8, 4) is 17.0 Å². The zero-order valence-corrected chi connectivity index (χ0v) is 16.5. The molecule has 0 saturated carbocycles. The molecule has 0 bridgehead atoms. The van der Waals surface area contributed by atoms with E-state index >= 15 is 0 Å². The van der Waals surface area contributed by atoms with Gasteiger partial charge in [-0.3, -0.25) is 4.79 Å². The first-order valence-electron chi connectivity index (χ1n) is 9.18. The van der Waals surface area contributed by atoms with Crippen molar-refractivity contribution < 1.29 is 9.53 Å². The normalized spacial score (nSPS) is 10.6. The standard InChI is InChI=1S/C22H24N2O2S/c1-3-17-8-12-19(13-9-17)26-14-4-5-21(25)24-22-23-20(15-27-22)18-10-6-16(2)7-11-18/h6-13,15H,3-5,14H2,1-2H3,(H,23,24,25). The molecule has 3 aromatic rings. The predicted molar refractivity (Wildman–Crippen MR) is 111 cm³/mol. The number of ether oxygens (including phenoxy) is 1. The number of carbonyl (C=O) groups excluding carboxylic acids is 1. The van der Waals surface area contributed by atoms with Gasteiger partial charge < -0.3 is 10.1 Å². The van der Waals surface area contributed by atoms with Crippen LogP contribution in [0.4, 0.5) is 5.13 Å². The fraction of sp³-hybridized carbons (Fsp3) is 0.273. The Kier molecular flexibility index (Phi) is 6.60. The Labute approximate surface area is 164 Å². The molecule has 140 valence electrons. The summed E-state index contributed by atoms with van der Waals surface area (Å²) in [4.78, 5) is 16.6. The van der Waals surface area contributed by atoms with Gasteiger partial charge in [-0.2, -0.15) is 0 Å². The summed E-state index contributed by atoms with van der Waals surface area (Å²) < 4.78 is 5.68. The van der Waals surface area contributed by atoms with Crippen LogP contribution in [0.15, 0.2) is 53.9 Å². The van der Waals surface area contributed by atoms with Crippen LogP contribution in [-0.2, 0) is 11.2 Å². The Morgan fingerprint density at radius 2 is 1.85 bits per heavy atom. The third-order valence-electron chi connectivity index (χ3n) is 4.25. The minimum absolute atomic E-state index is 0.0373. The van der Waals surface area contributed by atoms with Gasteiger partial charge in [0.05, 0.1) is 12.3 Å². The second-order valence-electron chi connectivity index (χ2n) is 6.40. The van der Waals surface area contributed by atoms with Gasteiger partial charge in [-0.15, -0.1) is 11.3 Å². The van der Waals surface area contributed by atoms with Gasteiger partial charge in [0, 0.05) is 17.4 Å². The van der Waals surface area contributed by atoms with Gasteiger partial charge in [-0.05, 0) is 37.5 Å². The summed E-state index contributed by atoms with van der Waals surface area (Å²) in [6.45, 7) is 4.70. The molecule has 0 unspecified atom stereocenters. The van der Waals surface area contributed by atoms with Crippen LogP contribution in [0.3, 0.4) is 0 Å². The number of nitrogens with zero attached hydrogens (tertiary/aromatic N) is 1. The molecule has 1 amide bonds. The van der Waals surface area contributed by atoms with E-state index in [0.29, 0.717) is 24.6 Å². The number of thiazole rings is 1. The first-order chi connectivity index (χ1) is 13.1. The van der Waals surface area contributed by atoms with E-state index in [9.17, 15) is 4.79 Å². The van der Waals surface area contributed by atoms with Gasteiger partial charge in [-0.25, -0.2) is 4.98 Å². The maximum absolute atomic E-state index is 12.1. The second kappa shape index (κ2) is 9.33. The van der Waals surface area contributed by atoms with Crippen molar-refractivity contribution in [1.29, 1.82) is 0 Å². The van der Waals surface area contributed by atoms with Crippen molar-refractivity contribution >= 4 is 22.4 Å². The Morgan fingerprint density at radius 1 is 1.11 bits per heavy atom. The van der Waals surface area contributed by atoms with Gasteiger partial charge >= 0.3 is 0 Å². The zero-order chi connectivity index (χ0) is 19.1. The molecule has 0 fully saturated rings. The van der Waals surface area contributed by atoms with E-state index in [1.54, 1.807) is 0 Å². The van der Waals surface area contributed by atoms with E-state index < -0.39 is 0 Å². The number of carbonyl (C=O) groups is 1. The molecule has 0 aliphatic rings. The molecule has 0 atom stereocenters. The largest absolute Gasteiger partial charge is 0.494 e. The highest BCUT2D eigenvalue weighted by Crippen LogP contribution is 2.25. The summed E-state index contributed by atoms with van der Waals surface area (Å²) >= 11 is 1.44. The van der Waals surface area contributed by atoms with E-state index in [1.165, 1.54) is 22.5 Å². The van der Waals surface area contributed by atoms with Crippen LogP contribution in [0.5, 0.6) is 5.75 Å². The van der Waals surface area contributed by atoms with Crippen LogP contribution in [0.1, 0.15) is 30.9 Å². The fourth-order valence-corrected chi connectivity index (χ4v) is 3.35. The quantitative estimate of drug-likeness (QED) is 0.527. The fourth-order valence-electron chi connectivity index (χ4n) is 2.61. The Morgan fingerprint density at radius 3 is 2.56 bits per heavy atom. The molecule has 0 radical (unpaired) electrons. The number of hydrogen-bond donors (Lipinski definition) is 1. The number of aryl methyl sites for hydroxylation is 2. The summed E-state index contributed by atoms with van der Waals surface area (Å²) in [7, 11) is 0. The van der Waals surface area contributed by atoms with Crippen molar-refractivity contribution in [1.82, 2.24) is 4.98 Å². The topological polar surface area (TPSA) is 51.2 Å². The second-order valence-corrected chi connectivity index (χ2v) is 7.26. The average molecular weight is 381 g/mol. The van der Waals surface area contributed by atoms with Crippen LogP contribution >= 0.6 is 11.3 Å². The summed E-state index contributed by atoms with van der Waals surface area (Å²) in [5, 5.41) is 5.46. The average Bonchev–Trinajstić information content (AvgIpc) is 3.14. The van der Waals surface area contributed by atoms with Gasteiger partial charge in [0.25, 0.3) is 0 Å². The van der Waals surface area contributed by atoms with Crippen molar-refractivity contribution in [2.45, 2.75) is 33.1 Å². The van der Waals surface area contributed by atoms with Crippen molar-refractivity contribution in [2.24, 2.45) is 0 Å². The van der Waals surface area contributed by atoms with Crippen molar-refractivity contribution in [2.75, 3.05) is 11.9 Å². The van der Waals surface area contributed by atoms with Crippen LogP contribution < -0.4 is 10.1 Å². The molecule has 27 heavy (non-hydrogen) atoms. The zero-order valence-electron chi connectivity index (χ0n) is 15.7. The van der Waals surface area contributed by atoms with Crippen LogP contribution in [-0.4, -0.2) is 17.5 Å². The number of aromatic nitrogens is 1. The Balaban J connectivity index is 1.42. The smallest absolute Gasteiger partial charge is 0.226 e. The lowest BCUT2D eigenvalue weighted by Gasteiger charge is -2.06. The lowest BCUT2D eigenvalue weighted by molar-refractivity contribution is -0.116. The third-order valence-corrected chi connectivity index (χ3v) is 5.00. The van der Waals surface area contributed by atoms with E-state index in [2.05, 4.69) is 48.4 Å². The molecule has 2 aromatic carbocycles. The van der Waals surface area contributed by atoms with E-state index in [-0.39, 0.29) is 5.91 Å². The van der Waals surface area contributed by atoms with Gasteiger partial charge in [-0.1, -0.05) is 48.9 Å². The third kappa shape index (κ3) is 5.66. The van der Waals surface area contributed by atoms with E-state index in [0.717, 1.165) is 23.4 Å². The molecule has 5 heteroatoms. The highest BCUT2D eigenvalue weighted by atomic mass is 32.1. The molecule has 4 nitrogen and oxygen atoms in total. The molecule has 1 aromatic heterocycles. The number of hydrogen-bond acceptors (Lipinski definition) is 4. The molecule has 0 saturated heterocycles. The van der Waals surface area contributed by atoms with E-state index in [1.807, 2.05) is 29.6 Å². The molecule has 0 spiro atoms. The molecule has 0 aliphatic carbocycles. The Bertz CT molecular complexity index is 870. The number of amides is 1. The van der Waals surface area contributed by atoms with Gasteiger partial charge in [0.2, 0.25) is 5.91 Å². The molecular formula is C22H24N2O2S. The summed E-state index contributed by atoms with van der Waals surface area (Å²) in [6, 6.07) is 16.3. The number of anilines is 1. The van der Waals surface area contributed by atoms with Crippen LogP contribution in [0.2, 0.25) is 0 Å². The number of benzene rings is 2. The predicted octanol–water partition coefficient (Wildman–Crippen LogP) is 5.48. The van der Waals surface area contributed by atoms with Gasteiger partial charge in [0.1, 0.15) is 5.75 Å². The first-order valence-corrected chi connectivity index (χ1v) is 10.1. The molecule has 1 heterocycles. The van der Waals surface area contributed by atoms with Crippen molar-refractivity contribution in [3.63, 3.8) is 0 Å². The van der Waals surface area contributed by atoms with Crippen LogP contribution in [0.25, 0.3) is 11.3 Å². The summed E-state index contributed by atoms with van der Waals surface area (Å²) in [5.41, 5.74) is 4.44. The minimum atomic E-state index is -0.0373. The highest BCUT2D eigenvalue weighted by molar-refractivity contribution is 7.14. The molecule has 1 N–H and O–H groups in total. The number of nitrogens with one attached hydrogen (secondary N) is 1. The molecule has 3 rings (SSSR count). The lowest BCUT2D eigenvalue weighted by Crippen LogP contribution is -2.12. The minimum Gasteiger partial charge on any atom is -0.494 e. The maximum atomic E-state index is 12.1. The highest BCUT2D eigenvalue weighted by Gasteiger charge is 2.08. The lowest BCUT2D eigenvalue weighted by atomic mass is 10.1. The monoisotopic (exact) mass is 380 g/mol. The summed E-state index contributed by atoms with van der Waals surface area (Å²) in [5.74, 6) is 0.806. The first kappa shape index (κ1) is 19.1. The van der Waals surface area contributed by atoms with Crippen molar-refractivity contribution in [3.05, 3.63) is 65.0 Å². The number of rotatable bonds is 8. The maximum Gasteiger partial charge on any atom is 0.226 e. The molecule has 0 aliphatic heterocycles. The summed E-state index contributed by atoms with van der Waals surface area (Å²) in [6.07, 6.45) is 2.09. The van der Waals surface area contributed by atoms with E-state index in [4.69, 9.17) is 4.74 Å². The Hall–Kier alpha value is -2.66. The SMILES string of the molecule is CCc1ccc(OCCCC(=O)Nc2nc(-c3ccc(C)cc3)cs2)cc1. The molecular weight excluding hydrogens is 356 g/mol.